The van der Waals surface area contributed by atoms with Crippen LogP contribution in [0.5, 0.6) is 11.5 Å². The van der Waals surface area contributed by atoms with E-state index in [-0.39, 0.29) is 59.1 Å². The van der Waals surface area contributed by atoms with Crippen molar-refractivity contribution in [1.29, 1.82) is 0 Å². The summed E-state index contributed by atoms with van der Waals surface area (Å²) in [6.45, 7) is -0.551. The number of aliphatic carboxylic acids is 1. The summed E-state index contributed by atoms with van der Waals surface area (Å²) in [5.74, 6) is -1.48. The molecule has 3 rings (SSSR count). The van der Waals surface area contributed by atoms with E-state index in [1.807, 2.05) is 0 Å². The van der Waals surface area contributed by atoms with E-state index in [9.17, 15) is 23.4 Å². The molecule has 8 nitrogen and oxygen atoms in total. The molecule has 140 valence electrons. The van der Waals surface area contributed by atoms with Crippen LogP contribution in [0.2, 0.25) is 0 Å². The third kappa shape index (κ3) is 6.87. The van der Waals surface area contributed by atoms with Gasteiger partial charge in [-0.15, -0.1) is 0 Å². The van der Waals surface area contributed by atoms with Crippen molar-refractivity contribution in [3.05, 3.63) is 54.6 Å². The van der Waals surface area contributed by atoms with Crippen LogP contribution in [0, 0.1) is 0 Å². The molecule has 0 aromatic heterocycles. The molecule has 0 saturated carbocycles. The smallest absolute Gasteiger partial charge is 0.872 e. The predicted molar refractivity (Wildman–Crippen MR) is 93.4 cm³/mol. The number of ether oxygens (including phenoxy) is 1. The maximum absolute atomic E-state index is 12.0. The van der Waals surface area contributed by atoms with Gasteiger partial charge < -0.3 is 25.1 Å². The van der Waals surface area contributed by atoms with Crippen LogP contribution in [-0.4, -0.2) is 25.5 Å². The molecule has 3 aromatic carbocycles. The van der Waals surface area contributed by atoms with E-state index in [1.54, 1.807) is 42.5 Å². The average molecular weight is 433 g/mol. The summed E-state index contributed by atoms with van der Waals surface area (Å²) in [7, 11) is -4.49. The van der Waals surface area contributed by atoms with Crippen molar-refractivity contribution in [2.75, 3.05) is 11.9 Å². The number of benzene rings is 3. The molecule has 0 atom stereocenters. The number of carboxylic acids is 1. The monoisotopic (exact) mass is 433 g/mol. The number of rotatable bonds is 6. The van der Waals surface area contributed by atoms with Gasteiger partial charge in [-0.2, -0.15) is 8.42 Å². The van der Waals surface area contributed by atoms with Gasteiger partial charge in [0.2, 0.25) is 0 Å². The minimum Gasteiger partial charge on any atom is -0.872 e. The standard InChI is InChI=1S/C18H15NO7S.2Na/c20-17-9-15(27(23,24)25)8-11-7-13(3-6-16(11)17)19-12-1-4-14(5-2-12)26-10-18(21)22;;/h1-9,19-20H,10H2,(H,21,22)(H,23,24,25);;/q;2*+1/p-2. The first kappa shape index (κ1) is 25.7. The maximum atomic E-state index is 12.0. The summed E-state index contributed by atoms with van der Waals surface area (Å²) in [5.41, 5.74) is 1.24. The van der Waals surface area contributed by atoms with Gasteiger partial charge in [0.1, 0.15) is 12.4 Å². The van der Waals surface area contributed by atoms with Gasteiger partial charge in [-0.3, -0.25) is 4.55 Å². The molecule has 0 amide bonds. The Kier molecular flexibility index (Phi) is 9.45. The quantitative estimate of drug-likeness (QED) is 0.291. The summed E-state index contributed by atoms with van der Waals surface area (Å²) < 4.78 is 36.7. The van der Waals surface area contributed by atoms with Crippen molar-refractivity contribution in [2.24, 2.45) is 0 Å². The summed E-state index contributed by atoms with van der Waals surface area (Å²) in [6.07, 6.45) is 0. The number of carbonyl (C=O) groups is 1. The van der Waals surface area contributed by atoms with E-state index in [0.717, 1.165) is 6.07 Å². The summed E-state index contributed by atoms with van der Waals surface area (Å²) in [4.78, 5) is 9.91. The third-order valence-corrected chi connectivity index (χ3v) is 4.52. The normalized spacial score (nSPS) is 10.5. The van der Waals surface area contributed by atoms with Gasteiger partial charge in [-0.1, -0.05) is 11.8 Å². The van der Waals surface area contributed by atoms with Gasteiger partial charge in [0.15, 0.2) is 0 Å². The number of fused-ring (bicyclic) bond motifs is 1. The number of carboxylic acid groups (broad SMARTS) is 1. The molecule has 0 spiro atoms. The molecule has 0 aliphatic heterocycles. The van der Waals surface area contributed by atoms with Crippen LogP contribution in [0.3, 0.4) is 0 Å². The molecule has 0 heterocycles. The first-order valence-corrected chi connectivity index (χ1v) is 9.08. The zero-order valence-electron chi connectivity index (χ0n) is 15.7. The summed E-state index contributed by atoms with van der Waals surface area (Å²) in [6, 6.07) is 13.3. The zero-order valence-corrected chi connectivity index (χ0v) is 20.5. The zero-order chi connectivity index (χ0) is 19.6. The molecular formula is C18H13NNa2O7S. The van der Waals surface area contributed by atoms with Gasteiger partial charge in [-0.25, -0.2) is 0 Å². The maximum Gasteiger partial charge on any atom is 1.00 e. The van der Waals surface area contributed by atoms with Gasteiger partial charge in [-0.05, 0) is 59.3 Å². The molecule has 0 fully saturated rings. The van der Waals surface area contributed by atoms with Gasteiger partial charge >= 0.3 is 59.1 Å². The van der Waals surface area contributed by atoms with E-state index in [4.69, 9.17) is 9.29 Å². The van der Waals surface area contributed by atoms with E-state index in [0.29, 0.717) is 27.9 Å². The van der Waals surface area contributed by atoms with Gasteiger partial charge in [0, 0.05) is 11.4 Å². The van der Waals surface area contributed by atoms with Crippen LogP contribution in [0.15, 0.2) is 59.5 Å². The molecule has 0 radical (unpaired) electrons. The van der Waals surface area contributed by atoms with Crippen LogP contribution >= 0.6 is 0 Å². The number of hydrogen-bond acceptors (Lipinski definition) is 7. The summed E-state index contributed by atoms with van der Waals surface area (Å²) >= 11 is 0. The molecule has 29 heavy (non-hydrogen) atoms. The van der Waals surface area contributed by atoms with Crippen molar-refractivity contribution in [3.8, 4) is 11.5 Å². The number of hydrogen-bond donors (Lipinski definition) is 2. The Morgan fingerprint density at radius 2 is 1.62 bits per heavy atom. The van der Waals surface area contributed by atoms with E-state index in [1.165, 1.54) is 6.07 Å². The van der Waals surface area contributed by atoms with E-state index >= 15 is 0 Å². The fourth-order valence-electron chi connectivity index (χ4n) is 2.48. The first-order valence-electron chi connectivity index (χ1n) is 7.64. The Labute approximate surface area is 211 Å². The van der Waals surface area contributed by atoms with Crippen molar-refractivity contribution < 1.29 is 91.8 Å². The van der Waals surface area contributed by atoms with Crippen LogP contribution in [0.4, 0.5) is 11.4 Å². The van der Waals surface area contributed by atoms with Crippen molar-refractivity contribution in [3.63, 3.8) is 0 Å². The predicted octanol–water partition coefficient (Wildman–Crippen LogP) is -4.96. The second-order valence-electron chi connectivity index (χ2n) is 5.64. The largest absolute Gasteiger partial charge is 1.00 e. The fraction of sp³-hybridized carbons (Fsp3) is 0.0556. The molecule has 2 N–H and O–H groups in total. The Bertz CT molecular complexity index is 1120. The second-order valence-corrected chi connectivity index (χ2v) is 7.06. The fourth-order valence-corrected chi connectivity index (χ4v) is 3.01. The minimum atomic E-state index is -4.49. The molecule has 0 aliphatic carbocycles. The molecule has 0 aliphatic rings. The van der Waals surface area contributed by atoms with Crippen LogP contribution in [-0.2, 0) is 14.9 Å². The van der Waals surface area contributed by atoms with E-state index < -0.39 is 33.3 Å². The van der Waals surface area contributed by atoms with E-state index in [2.05, 4.69) is 5.32 Å². The Balaban J connectivity index is 0.00000210. The van der Waals surface area contributed by atoms with Crippen LogP contribution in [0.25, 0.3) is 10.8 Å². The van der Waals surface area contributed by atoms with Crippen molar-refractivity contribution in [1.82, 2.24) is 0 Å². The van der Waals surface area contributed by atoms with Crippen LogP contribution < -0.4 is 79.4 Å². The minimum absolute atomic E-state index is 0. The van der Waals surface area contributed by atoms with Crippen LogP contribution in [0.1, 0.15) is 0 Å². The second kappa shape index (κ2) is 10.6. The number of anilines is 2. The Hall–Kier alpha value is -1.30. The number of nitrogens with one attached hydrogen (secondary N) is 1. The Morgan fingerprint density at radius 3 is 2.21 bits per heavy atom. The molecule has 0 bridgehead atoms. The molecule has 0 unspecified atom stereocenters. The summed E-state index contributed by atoms with van der Waals surface area (Å²) in [5, 5.41) is 26.1. The topological polar surface area (TPSA) is 139 Å². The third-order valence-electron chi connectivity index (χ3n) is 3.69. The van der Waals surface area contributed by atoms with Gasteiger partial charge in [0.05, 0.1) is 10.9 Å². The molecular weight excluding hydrogens is 420 g/mol. The number of carbonyl (C=O) groups excluding carboxylic acids is 1. The Morgan fingerprint density at radius 1 is 1.00 bits per heavy atom. The molecule has 0 saturated heterocycles. The molecule has 11 heteroatoms. The SMILES string of the molecule is O=C([O-])COc1ccc(Nc2ccc3c([O-])cc(S(=O)(=O)O)cc3c2)cc1.[Na+].[Na+]. The molecule has 3 aromatic rings. The average Bonchev–Trinajstić information content (AvgIpc) is 2.60. The van der Waals surface area contributed by atoms with Crippen molar-refractivity contribution >= 4 is 38.2 Å². The first-order chi connectivity index (χ1) is 12.7. The van der Waals surface area contributed by atoms with Gasteiger partial charge in [0.25, 0.3) is 10.1 Å². The van der Waals surface area contributed by atoms with Crippen molar-refractivity contribution in [2.45, 2.75) is 4.90 Å².